The van der Waals surface area contributed by atoms with Gasteiger partial charge >= 0.3 is 0 Å². The highest BCUT2D eigenvalue weighted by Crippen LogP contribution is 2.32. The van der Waals surface area contributed by atoms with Gasteiger partial charge in [-0.25, -0.2) is 13.8 Å². The number of aryl methyl sites for hydroxylation is 1. The summed E-state index contributed by atoms with van der Waals surface area (Å²) < 4.78 is 39.2. The summed E-state index contributed by atoms with van der Waals surface area (Å²) in [5.41, 5.74) is 1.73. The van der Waals surface area contributed by atoms with E-state index in [9.17, 15) is 8.78 Å². The van der Waals surface area contributed by atoms with Crippen molar-refractivity contribution in [2.24, 2.45) is 0 Å². The maximum atomic E-state index is 14.8. The molecule has 8 nitrogen and oxygen atoms in total. The first-order valence-corrected chi connectivity index (χ1v) is 11.4. The summed E-state index contributed by atoms with van der Waals surface area (Å²) in [6, 6.07) is 8.71. The zero-order valence-electron chi connectivity index (χ0n) is 19.0. The summed E-state index contributed by atoms with van der Waals surface area (Å²) in [5.74, 6) is -0.807. The van der Waals surface area contributed by atoms with Crippen LogP contribution in [-0.2, 0) is 0 Å². The highest BCUT2D eigenvalue weighted by molar-refractivity contribution is 8.01. The van der Waals surface area contributed by atoms with Crippen LogP contribution in [0.25, 0.3) is 17.2 Å². The lowest BCUT2D eigenvalue weighted by atomic mass is 10.1. The van der Waals surface area contributed by atoms with Gasteiger partial charge in [0.25, 0.3) is 0 Å². The molecule has 0 fully saturated rings. The van der Waals surface area contributed by atoms with Crippen LogP contribution in [0.3, 0.4) is 0 Å². The number of aromatic nitrogens is 6. The zero-order chi connectivity index (χ0) is 24.2. The van der Waals surface area contributed by atoms with Crippen molar-refractivity contribution in [3.63, 3.8) is 0 Å². The summed E-state index contributed by atoms with van der Waals surface area (Å²) in [4.78, 5) is 13.1. The number of halogens is 2. The molecule has 0 bridgehead atoms. The van der Waals surface area contributed by atoms with Crippen LogP contribution in [-0.4, -0.2) is 42.1 Å². The molecular formula is C23H23F2N7OS. The molecule has 1 N–H and O–H groups in total. The van der Waals surface area contributed by atoms with Crippen LogP contribution in [0.1, 0.15) is 31.2 Å². The monoisotopic (exact) mass is 483 g/mol. The summed E-state index contributed by atoms with van der Waals surface area (Å²) in [7, 11) is 1.48. The Morgan fingerprint density at radius 3 is 2.41 bits per heavy atom. The minimum atomic E-state index is -0.756. The Balaban J connectivity index is 1.68. The minimum absolute atomic E-state index is 0.0195. The molecule has 0 radical (unpaired) electrons. The number of ether oxygens (including phenoxy) is 1. The lowest BCUT2D eigenvalue weighted by Crippen LogP contribution is -2.14. The molecular weight excluding hydrogens is 460 g/mol. The predicted octanol–water partition coefficient (Wildman–Crippen LogP) is 4.97. The van der Waals surface area contributed by atoms with E-state index in [0.717, 1.165) is 11.4 Å². The van der Waals surface area contributed by atoms with Gasteiger partial charge < -0.3 is 4.74 Å². The Bertz CT molecular complexity index is 1260. The molecule has 176 valence electrons. The van der Waals surface area contributed by atoms with Gasteiger partial charge in [-0.15, -0.1) is 10.2 Å². The van der Waals surface area contributed by atoms with Crippen molar-refractivity contribution in [3.8, 4) is 23.1 Å². The first-order valence-electron chi connectivity index (χ1n) is 10.5. The molecule has 4 rings (SSSR count). The van der Waals surface area contributed by atoms with E-state index in [4.69, 9.17) is 4.74 Å². The van der Waals surface area contributed by atoms with E-state index in [-0.39, 0.29) is 28.6 Å². The Morgan fingerprint density at radius 1 is 1.00 bits per heavy atom. The quantitative estimate of drug-likeness (QED) is 0.352. The van der Waals surface area contributed by atoms with E-state index < -0.39 is 11.6 Å². The Morgan fingerprint density at radius 2 is 1.74 bits per heavy atom. The summed E-state index contributed by atoms with van der Waals surface area (Å²) in [5, 5.41) is 8.36. The van der Waals surface area contributed by atoms with Gasteiger partial charge in [-0.2, -0.15) is 0 Å². The van der Waals surface area contributed by atoms with Crippen molar-refractivity contribution < 1.29 is 13.5 Å². The molecule has 0 aliphatic carbocycles. The molecule has 0 aliphatic rings. The largest absolute Gasteiger partial charge is 0.481 e. The number of anilines is 1. The van der Waals surface area contributed by atoms with Gasteiger partial charge in [-0.1, -0.05) is 26.0 Å². The van der Waals surface area contributed by atoms with Crippen LogP contribution >= 0.6 is 11.9 Å². The number of hydrogen-bond donors (Lipinski definition) is 1. The highest BCUT2D eigenvalue weighted by Gasteiger charge is 2.24. The van der Waals surface area contributed by atoms with E-state index >= 15 is 0 Å². The number of rotatable bonds is 8. The highest BCUT2D eigenvalue weighted by atomic mass is 32.2. The fourth-order valence-corrected chi connectivity index (χ4v) is 3.98. The SMILES string of the molecule is COc1cccc(-c2nnc(NSC(C)C(C)c3cnc(C)cn3)n2-c2c(F)cccc2F)n1. The van der Waals surface area contributed by atoms with Crippen molar-refractivity contribution in [2.45, 2.75) is 31.9 Å². The molecule has 11 heteroatoms. The van der Waals surface area contributed by atoms with Crippen molar-refractivity contribution >= 4 is 17.9 Å². The number of hydrogen-bond acceptors (Lipinski definition) is 8. The Labute approximate surface area is 200 Å². The van der Waals surface area contributed by atoms with E-state index in [1.807, 2.05) is 20.8 Å². The average molecular weight is 484 g/mol. The first kappa shape index (κ1) is 23.6. The smallest absolute Gasteiger partial charge is 0.239 e. The van der Waals surface area contributed by atoms with Crippen molar-refractivity contribution in [1.29, 1.82) is 0 Å². The number of para-hydroxylation sites is 1. The lowest BCUT2D eigenvalue weighted by molar-refractivity contribution is 0.398. The van der Waals surface area contributed by atoms with Gasteiger partial charge in [-0.3, -0.25) is 19.3 Å². The summed E-state index contributed by atoms with van der Waals surface area (Å²) in [6.07, 6.45) is 3.47. The normalized spacial score (nSPS) is 12.9. The summed E-state index contributed by atoms with van der Waals surface area (Å²) >= 11 is 1.34. The maximum absolute atomic E-state index is 14.8. The molecule has 0 saturated heterocycles. The van der Waals surface area contributed by atoms with Crippen molar-refractivity contribution in [3.05, 3.63) is 71.8 Å². The third-order valence-corrected chi connectivity index (χ3v) is 6.37. The topological polar surface area (TPSA) is 90.6 Å². The molecule has 0 amide bonds. The number of benzene rings is 1. The van der Waals surface area contributed by atoms with Gasteiger partial charge in [0.05, 0.1) is 18.5 Å². The van der Waals surface area contributed by atoms with Crippen LogP contribution in [0.15, 0.2) is 48.8 Å². The van der Waals surface area contributed by atoms with Crippen molar-refractivity contribution in [1.82, 2.24) is 29.7 Å². The third kappa shape index (κ3) is 4.84. The van der Waals surface area contributed by atoms with Crippen LogP contribution < -0.4 is 9.46 Å². The molecule has 1 aromatic carbocycles. The second-order valence-corrected chi connectivity index (χ2v) is 8.80. The predicted molar refractivity (Wildman–Crippen MR) is 127 cm³/mol. The Hall–Kier alpha value is -3.60. The minimum Gasteiger partial charge on any atom is -0.481 e. The van der Waals surface area contributed by atoms with E-state index in [0.29, 0.717) is 11.6 Å². The number of nitrogens with one attached hydrogen (secondary N) is 1. The standard InChI is InChI=1S/C23H23F2N7OS/c1-13-11-27-19(12-26-13)14(2)15(3)34-31-23-30-29-22(18-9-6-10-20(28-18)33-4)32(23)21-16(24)7-5-8-17(21)25/h5-12,14-15H,1-4H3,(H,30,31). The molecule has 0 aliphatic heterocycles. The van der Waals surface area contributed by atoms with Gasteiger partial charge in [0, 0.05) is 29.6 Å². The molecule has 34 heavy (non-hydrogen) atoms. The van der Waals surface area contributed by atoms with Crippen LogP contribution in [0, 0.1) is 18.6 Å². The Kier molecular flexibility index (Phi) is 7.01. The molecule has 0 saturated carbocycles. The van der Waals surface area contributed by atoms with Crippen LogP contribution in [0.5, 0.6) is 5.88 Å². The van der Waals surface area contributed by atoms with Crippen LogP contribution in [0.4, 0.5) is 14.7 Å². The van der Waals surface area contributed by atoms with E-state index in [2.05, 4.69) is 29.9 Å². The molecule has 2 unspecified atom stereocenters. The average Bonchev–Trinajstić information content (AvgIpc) is 3.26. The fraction of sp³-hybridized carbons (Fsp3) is 0.261. The van der Waals surface area contributed by atoms with Crippen LogP contribution in [0.2, 0.25) is 0 Å². The first-order chi connectivity index (χ1) is 16.4. The third-order valence-electron chi connectivity index (χ3n) is 5.29. The summed E-state index contributed by atoms with van der Waals surface area (Å²) in [6.45, 7) is 5.93. The molecule has 2 atom stereocenters. The lowest BCUT2D eigenvalue weighted by Gasteiger charge is -2.19. The second kappa shape index (κ2) is 10.1. The van der Waals surface area contributed by atoms with E-state index in [1.54, 1.807) is 30.6 Å². The van der Waals surface area contributed by atoms with Crippen molar-refractivity contribution in [2.75, 3.05) is 11.8 Å². The van der Waals surface area contributed by atoms with Gasteiger partial charge in [0.1, 0.15) is 23.0 Å². The van der Waals surface area contributed by atoms with Gasteiger partial charge in [0.2, 0.25) is 11.8 Å². The van der Waals surface area contributed by atoms with Gasteiger partial charge in [-0.05, 0) is 37.1 Å². The second-order valence-electron chi connectivity index (χ2n) is 7.61. The number of nitrogens with zero attached hydrogens (tertiary/aromatic N) is 6. The number of methoxy groups -OCH3 is 1. The maximum Gasteiger partial charge on any atom is 0.239 e. The molecule has 3 heterocycles. The zero-order valence-corrected chi connectivity index (χ0v) is 19.8. The van der Waals surface area contributed by atoms with Gasteiger partial charge in [0.15, 0.2) is 5.82 Å². The molecule has 4 aromatic rings. The molecule has 0 spiro atoms. The molecule has 3 aromatic heterocycles. The number of pyridine rings is 1. The van der Waals surface area contributed by atoms with E-state index in [1.165, 1.54) is 41.8 Å². The fourth-order valence-electron chi connectivity index (χ4n) is 3.21.